The van der Waals surface area contributed by atoms with Crippen LogP contribution < -0.4 is 5.32 Å². The van der Waals surface area contributed by atoms with Gasteiger partial charge in [-0.15, -0.1) is 0 Å². The summed E-state index contributed by atoms with van der Waals surface area (Å²) >= 11 is 3.36. The topological polar surface area (TPSA) is 52.6 Å². The normalized spacial score (nSPS) is 11.0. The van der Waals surface area contributed by atoms with Gasteiger partial charge in [0.2, 0.25) is 5.91 Å². The molecule has 1 aromatic rings. The fourth-order valence-corrected chi connectivity index (χ4v) is 2.05. The molecule has 1 amide bonds. The molecule has 5 heteroatoms. The molecule has 0 atom stereocenters. The molecule has 0 aromatic heterocycles. The van der Waals surface area contributed by atoms with E-state index in [0.717, 1.165) is 10.0 Å². The third kappa shape index (κ3) is 5.06. The van der Waals surface area contributed by atoms with Crippen molar-refractivity contribution < 1.29 is 9.90 Å². The predicted molar refractivity (Wildman–Crippen MR) is 75.4 cm³/mol. The summed E-state index contributed by atoms with van der Waals surface area (Å²) in [6, 6.07) is 5.42. The van der Waals surface area contributed by atoms with Crippen LogP contribution in [0.1, 0.15) is 19.4 Å². The number of phenolic OH excluding ortho intramolecular Hbond substituents is 1. The lowest BCUT2D eigenvalue weighted by atomic mass is 10.2. The van der Waals surface area contributed by atoms with Gasteiger partial charge < -0.3 is 10.4 Å². The zero-order chi connectivity index (χ0) is 13.7. The van der Waals surface area contributed by atoms with Gasteiger partial charge in [0.15, 0.2) is 0 Å². The molecule has 0 aliphatic carbocycles. The Kier molecular flexibility index (Phi) is 5.62. The molecule has 1 aromatic carbocycles. The highest BCUT2D eigenvalue weighted by atomic mass is 79.9. The fourth-order valence-electron chi connectivity index (χ4n) is 1.64. The Balaban J connectivity index is 2.56. The molecule has 0 bridgehead atoms. The third-order valence-corrected chi connectivity index (χ3v) is 2.84. The van der Waals surface area contributed by atoms with E-state index in [9.17, 15) is 9.90 Å². The van der Waals surface area contributed by atoms with Crippen LogP contribution in [0, 0.1) is 0 Å². The van der Waals surface area contributed by atoms with Crippen molar-refractivity contribution in [3.63, 3.8) is 0 Å². The number of amides is 1. The van der Waals surface area contributed by atoms with E-state index in [2.05, 4.69) is 21.2 Å². The summed E-state index contributed by atoms with van der Waals surface area (Å²) in [5.41, 5.74) is 0.796. The van der Waals surface area contributed by atoms with Crippen LogP contribution in [-0.2, 0) is 11.3 Å². The number of halogens is 1. The number of aromatic hydroxyl groups is 1. The van der Waals surface area contributed by atoms with Gasteiger partial charge in [0.1, 0.15) is 5.75 Å². The number of phenols is 1. The number of likely N-dealkylation sites (N-methyl/N-ethyl adjacent to an activating group) is 1. The van der Waals surface area contributed by atoms with E-state index >= 15 is 0 Å². The van der Waals surface area contributed by atoms with Gasteiger partial charge in [0, 0.05) is 22.6 Å². The molecule has 0 saturated heterocycles. The van der Waals surface area contributed by atoms with Crippen LogP contribution in [0.3, 0.4) is 0 Å². The highest BCUT2D eigenvalue weighted by molar-refractivity contribution is 9.10. The van der Waals surface area contributed by atoms with E-state index in [-0.39, 0.29) is 17.7 Å². The van der Waals surface area contributed by atoms with Crippen molar-refractivity contribution in [3.05, 3.63) is 28.2 Å². The zero-order valence-corrected chi connectivity index (χ0v) is 12.5. The number of nitrogens with zero attached hydrogens (tertiary/aromatic N) is 1. The number of hydrogen-bond acceptors (Lipinski definition) is 3. The summed E-state index contributed by atoms with van der Waals surface area (Å²) in [6.45, 7) is 4.69. The van der Waals surface area contributed by atoms with Gasteiger partial charge in [-0.2, -0.15) is 0 Å². The molecule has 0 radical (unpaired) electrons. The Morgan fingerprint density at radius 1 is 1.50 bits per heavy atom. The molecule has 1 rings (SSSR count). The van der Waals surface area contributed by atoms with E-state index < -0.39 is 0 Å². The first kappa shape index (κ1) is 15.0. The fraction of sp³-hybridized carbons (Fsp3) is 0.462. The Morgan fingerprint density at radius 3 is 2.78 bits per heavy atom. The number of carbonyl (C=O) groups is 1. The first-order valence-corrected chi connectivity index (χ1v) is 6.63. The lowest BCUT2D eigenvalue weighted by molar-refractivity contribution is -0.122. The van der Waals surface area contributed by atoms with Crippen molar-refractivity contribution >= 4 is 21.8 Å². The van der Waals surface area contributed by atoms with Crippen molar-refractivity contribution in [1.82, 2.24) is 10.2 Å². The minimum Gasteiger partial charge on any atom is -0.508 e. The van der Waals surface area contributed by atoms with Crippen molar-refractivity contribution in [3.8, 4) is 5.75 Å². The molecule has 4 nitrogen and oxygen atoms in total. The third-order valence-electron chi connectivity index (χ3n) is 2.34. The smallest absolute Gasteiger partial charge is 0.234 e. The van der Waals surface area contributed by atoms with Gasteiger partial charge >= 0.3 is 0 Å². The predicted octanol–water partition coefficient (Wildman–Crippen LogP) is 2.11. The SMILES string of the molecule is CC(C)NC(=O)CN(C)Cc1cc(Br)ccc1O. The van der Waals surface area contributed by atoms with Crippen molar-refractivity contribution in [2.75, 3.05) is 13.6 Å². The summed E-state index contributed by atoms with van der Waals surface area (Å²) in [7, 11) is 1.85. The lowest BCUT2D eigenvalue weighted by Gasteiger charge is -2.18. The van der Waals surface area contributed by atoms with Crippen LogP contribution in [0.4, 0.5) is 0 Å². The van der Waals surface area contributed by atoms with Gasteiger partial charge in [-0.05, 0) is 39.1 Å². The molecule has 0 unspecified atom stereocenters. The van der Waals surface area contributed by atoms with Gasteiger partial charge in [-0.3, -0.25) is 9.69 Å². The monoisotopic (exact) mass is 314 g/mol. The molecule has 100 valence electrons. The standard InChI is InChI=1S/C13H19BrN2O2/c1-9(2)15-13(18)8-16(3)7-10-6-11(14)4-5-12(10)17/h4-6,9,17H,7-8H2,1-3H3,(H,15,18). The first-order valence-electron chi connectivity index (χ1n) is 5.83. The summed E-state index contributed by atoms with van der Waals surface area (Å²) < 4.78 is 0.912. The van der Waals surface area contributed by atoms with Crippen LogP contribution >= 0.6 is 15.9 Å². The summed E-state index contributed by atoms with van der Waals surface area (Å²) in [5.74, 6) is 0.233. The molecule has 0 aliphatic rings. The highest BCUT2D eigenvalue weighted by Gasteiger charge is 2.10. The average molecular weight is 315 g/mol. The number of hydrogen-bond donors (Lipinski definition) is 2. The minimum atomic E-state index is -0.0120. The maximum absolute atomic E-state index is 11.6. The molecule has 0 fully saturated rings. The van der Waals surface area contributed by atoms with E-state index in [1.165, 1.54) is 0 Å². The lowest BCUT2D eigenvalue weighted by Crippen LogP contribution is -2.38. The second-order valence-corrected chi connectivity index (χ2v) is 5.58. The highest BCUT2D eigenvalue weighted by Crippen LogP contribution is 2.22. The first-order chi connectivity index (χ1) is 8.38. The summed E-state index contributed by atoms with van der Waals surface area (Å²) in [5, 5.41) is 12.5. The van der Waals surface area contributed by atoms with Crippen LogP contribution in [0.2, 0.25) is 0 Å². The van der Waals surface area contributed by atoms with Gasteiger partial charge in [0.05, 0.1) is 6.54 Å². The van der Waals surface area contributed by atoms with E-state index in [1.54, 1.807) is 12.1 Å². The largest absolute Gasteiger partial charge is 0.508 e. The van der Waals surface area contributed by atoms with Crippen LogP contribution in [0.5, 0.6) is 5.75 Å². The Labute approximate surface area is 116 Å². The Morgan fingerprint density at radius 2 is 2.17 bits per heavy atom. The maximum atomic E-state index is 11.6. The Bertz CT molecular complexity index is 421. The van der Waals surface area contributed by atoms with E-state index in [4.69, 9.17) is 0 Å². The van der Waals surface area contributed by atoms with Gasteiger partial charge in [-0.25, -0.2) is 0 Å². The van der Waals surface area contributed by atoms with Crippen molar-refractivity contribution in [1.29, 1.82) is 0 Å². The maximum Gasteiger partial charge on any atom is 0.234 e. The van der Waals surface area contributed by atoms with Gasteiger partial charge in [-0.1, -0.05) is 15.9 Å². The van der Waals surface area contributed by atoms with E-state index in [1.807, 2.05) is 31.9 Å². The second kappa shape index (κ2) is 6.75. The van der Waals surface area contributed by atoms with Gasteiger partial charge in [0.25, 0.3) is 0 Å². The average Bonchev–Trinajstić information content (AvgIpc) is 2.21. The van der Waals surface area contributed by atoms with Crippen molar-refractivity contribution in [2.45, 2.75) is 26.4 Å². The molecule has 0 heterocycles. The molecule has 2 N–H and O–H groups in total. The summed E-state index contributed by atoms with van der Waals surface area (Å²) in [4.78, 5) is 13.4. The summed E-state index contributed by atoms with van der Waals surface area (Å²) in [6.07, 6.45) is 0. The molecule has 0 spiro atoms. The minimum absolute atomic E-state index is 0.0120. The molecular weight excluding hydrogens is 296 g/mol. The van der Waals surface area contributed by atoms with Crippen molar-refractivity contribution in [2.24, 2.45) is 0 Å². The van der Waals surface area contributed by atoms with Crippen LogP contribution in [-0.4, -0.2) is 35.5 Å². The number of nitrogens with one attached hydrogen (secondary N) is 1. The molecule has 0 aliphatic heterocycles. The molecule has 18 heavy (non-hydrogen) atoms. The number of benzene rings is 1. The van der Waals surface area contributed by atoms with E-state index in [0.29, 0.717) is 13.1 Å². The zero-order valence-electron chi connectivity index (χ0n) is 10.9. The van der Waals surface area contributed by atoms with Crippen LogP contribution in [0.15, 0.2) is 22.7 Å². The molecule has 0 saturated carbocycles. The number of carbonyl (C=O) groups excluding carboxylic acids is 1. The number of rotatable bonds is 5. The quantitative estimate of drug-likeness (QED) is 0.875. The second-order valence-electron chi connectivity index (χ2n) is 4.67. The Hall–Kier alpha value is -1.07. The van der Waals surface area contributed by atoms with Crippen LogP contribution in [0.25, 0.3) is 0 Å². The molecular formula is C13H19BrN2O2.